The average Bonchev–Trinajstić information content (AvgIpc) is 3.00. The Morgan fingerprint density at radius 1 is 1.24 bits per heavy atom. The zero-order chi connectivity index (χ0) is 14.7. The number of nitrogens with zero attached hydrogens (tertiary/aromatic N) is 1. The molecule has 1 amide bonds. The van der Waals surface area contributed by atoms with Gasteiger partial charge in [0.1, 0.15) is 5.82 Å². The molecule has 4 nitrogen and oxygen atoms in total. The normalized spacial score (nSPS) is 24.1. The summed E-state index contributed by atoms with van der Waals surface area (Å²) in [5.74, 6) is -0.451. The van der Waals surface area contributed by atoms with E-state index in [1.807, 2.05) is 0 Å². The van der Waals surface area contributed by atoms with Gasteiger partial charge in [0.2, 0.25) is 5.91 Å². The summed E-state index contributed by atoms with van der Waals surface area (Å²) in [6, 6.07) is 6.70. The van der Waals surface area contributed by atoms with Crippen molar-refractivity contribution < 1.29 is 9.18 Å². The Morgan fingerprint density at radius 3 is 2.76 bits per heavy atom. The molecule has 1 aromatic rings. The molecule has 0 saturated carbocycles. The molecule has 0 aromatic heterocycles. The maximum absolute atomic E-state index is 13.7. The minimum atomic E-state index is -0.378. The predicted molar refractivity (Wildman–Crippen MR) is 80.6 cm³/mol. The van der Waals surface area contributed by atoms with Crippen molar-refractivity contribution in [3.05, 3.63) is 30.1 Å². The molecule has 114 valence electrons. The zero-order valence-electron chi connectivity index (χ0n) is 12.1. The Bertz CT molecular complexity index is 502. The standard InChI is InChI=1S/C16H22FN3O/c17-13-4-1-2-5-14(13)19-16(21)15-6-3-11-20(15)12-7-9-18-10-8-12/h1-2,4-5,12,15,18H,3,6-11H2,(H,19,21). The van der Waals surface area contributed by atoms with Gasteiger partial charge < -0.3 is 10.6 Å². The third-order valence-electron chi connectivity index (χ3n) is 4.51. The lowest BCUT2D eigenvalue weighted by Gasteiger charge is -2.35. The van der Waals surface area contributed by atoms with Gasteiger partial charge in [-0.1, -0.05) is 12.1 Å². The van der Waals surface area contributed by atoms with Gasteiger partial charge in [-0.15, -0.1) is 0 Å². The third kappa shape index (κ3) is 3.24. The van der Waals surface area contributed by atoms with Crippen LogP contribution < -0.4 is 10.6 Å². The minimum Gasteiger partial charge on any atom is -0.322 e. The fraction of sp³-hybridized carbons (Fsp3) is 0.562. The van der Waals surface area contributed by atoms with Gasteiger partial charge in [-0.2, -0.15) is 0 Å². The summed E-state index contributed by atoms with van der Waals surface area (Å²) in [5.41, 5.74) is 0.277. The van der Waals surface area contributed by atoms with Crippen LogP contribution in [0, 0.1) is 5.82 Å². The average molecular weight is 291 g/mol. The van der Waals surface area contributed by atoms with E-state index in [0.29, 0.717) is 6.04 Å². The SMILES string of the molecule is O=C(Nc1ccccc1F)C1CCCN1C1CCNCC1. The second-order valence-corrected chi connectivity index (χ2v) is 5.85. The molecule has 0 spiro atoms. The van der Waals surface area contributed by atoms with E-state index >= 15 is 0 Å². The second kappa shape index (κ2) is 6.54. The lowest BCUT2D eigenvalue weighted by molar-refractivity contribution is -0.121. The topological polar surface area (TPSA) is 44.4 Å². The van der Waals surface area contributed by atoms with E-state index in [4.69, 9.17) is 0 Å². The molecule has 5 heteroatoms. The maximum atomic E-state index is 13.7. The van der Waals surface area contributed by atoms with Crippen LogP contribution in [0.2, 0.25) is 0 Å². The van der Waals surface area contributed by atoms with Crippen LogP contribution in [0.3, 0.4) is 0 Å². The molecule has 3 rings (SSSR count). The fourth-order valence-corrected chi connectivity index (χ4v) is 3.42. The van der Waals surface area contributed by atoms with Crippen molar-refractivity contribution in [2.24, 2.45) is 0 Å². The van der Waals surface area contributed by atoms with Crippen LogP contribution in [0.5, 0.6) is 0 Å². The number of likely N-dealkylation sites (tertiary alicyclic amines) is 1. The number of hydrogen-bond acceptors (Lipinski definition) is 3. The summed E-state index contributed by atoms with van der Waals surface area (Å²) in [4.78, 5) is 14.8. The van der Waals surface area contributed by atoms with E-state index in [9.17, 15) is 9.18 Å². The Balaban J connectivity index is 1.67. The number of nitrogens with one attached hydrogen (secondary N) is 2. The van der Waals surface area contributed by atoms with Crippen molar-refractivity contribution in [3.8, 4) is 0 Å². The highest BCUT2D eigenvalue weighted by atomic mass is 19.1. The van der Waals surface area contributed by atoms with Gasteiger partial charge in [-0.3, -0.25) is 9.69 Å². The van der Waals surface area contributed by atoms with Crippen LogP contribution in [0.4, 0.5) is 10.1 Å². The quantitative estimate of drug-likeness (QED) is 0.895. The highest BCUT2D eigenvalue weighted by Crippen LogP contribution is 2.25. The van der Waals surface area contributed by atoms with E-state index in [0.717, 1.165) is 45.3 Å². The number of carbonyl (C=O) groups excluding carboxylic acids is 1. The van der Waals surface area contributed by atoms with Gasteiger partial charge in [-0.25, -0.2) is 4.39 Å². The molecule has 2 N–H and O–H groups in total. The number of carbonyl (C=O) groups is 1. The smallest absolute Gasteiger partial charge is 0.241 e. The molecule has 0 radical (unpaired) electrons. The minimum absolute atomic E-state index is 0.0730. The highest BCUT2D eigenvalue weighted by molar-refractivity contribution is 5.95. The Hall–Kier alpha value is -1.46. The Morgan fingerprint density at radius 2 is 2.00 bits per heavy atom. The number of para-hydroxylation sites is 1. The molecular weight excluding hydrogens is 269 g/mol. The molecule has 2 aliphatic heterocycles. The van der Waals surface area contributed by atoms with Crippen LogP contribution in [0.1, 0.15) is 25.7 Å². The predicted octanol–water partition coefficient (Wildman–Crippen LogP) is 1.98. The van der Waals surface area contributed by atoms with Crippen molar-refractivity contribution in [1.29, 1.82) is 0 Å². The van der Waals surface area contributed by atoms with Gasteiger partial charge in [-0.05, 0) is 57.5 Å². The second-order valence-electron chi connectivity index (χ2n) is 5.85. The molecule has 1 atom stereocenters. The van der Waals surface area contributed by atoms with E-state index in [2.05, 4.69) is 15.5 Å². The maximum Gasteiger partial charge on any atom is 0.241 e. The van der Waals surface area contributed by atoms with Crippen LogP contribution in [0.15, 0.2) is 24.3 Å². The number of hydrogen-bond donors (Lipinski definition) is 2. The largest absolute Gasteiger partial charge is 0.322 e. The van der Waals surface area contributed by atoms with Gasteiger partial charge in [0.25, 0.3) is 0 Å². The number of benzene rings is 1. The van der Waals surface area contributed by atoms with E-state index in [-0.39, 0.29) is 23.5 Å². The first-order chi connectivity index (χ1) is 10.3. The third-order valence-corrected chi connectivity index (χ3v) is 4.51. The number of piperidine rings is 1. The van der Waals surface area contributed by atoms with Crippen molar-refractivity contribution >= 4 is 11.6 Å². The van der Waals surface area contributed by atoms with Gasteiger partial charge in [0, 0.05) is 6.04 Å². The van der Waals surface area contributed by atoms with E-state index in [1.54, 1.807) is 18.2 Å². The molecule has 2 aliphatic rings. The summed E-state index contributed by atoms with van der Waals surface area (Å²) in [6.07, 6.45) is 4.08. The Labute approximate surface area is 124 Å². The van der Waals surface area contributed by atoms with Gasteiger partial charge in [0.15, 0.2) is 0 Å². The van der Waals surface area contributed by atoms with Crippen molar-refractivity contribution in [2.45, 2.75) is 37.8 Å². The fourth-order valence-electron chi connectivity index (χ4n) is 3.42. The summed E-state index contributed by atoms with van der Waals surface area (Å²) >= 11 is 0. The van der Waals surface area contributed by atoms with Crippen molar-refractivity contribution in [3.63, 3.8) is 0 Å². The van der Waals surface area contributed by atoms with Crippen LogP contribution in [0.25, 0.3) is 0 Å². The van der Waals surface area contributed by atoms with E-state index in [1.165, 1.54) is 6.07 Å². The summed E-state index contributed by atoms with van der Waals surface area (Å²) < 4.78 is 13.7. The number of halogens is 1. The molecule has 21 heavy (non-hydrogen) atoms. The van der Waals surface area contributed by atoms with Gasteiger partial charge >= 0.3 is 0 Å². The number of amides is 1. The first kappa shape index (κ1) is 14.5. The molecule has 2 fully saturated rings. The molecule has 0 aliphatic carbocycles. The van der Waals surface area contributed by atoms with Crippen molar-refractivity contribution in [2.75, 3.05) is 25.0 Å². The summed E-state index contributed by atoms with van der Waals surface area (Å²) in [6.45, 7) is 3.01. The molecule has 2 heterocycles. The van der Waals surface area contributed by atoms with Crippen molar-refractivity contribution in [1.82, 2.24) is 10.2 Å². The monoisotopic (exact) mass is 291 g/mol. The Kier molecular flexibility index (Phi) is 4.51. The van der Waals surface area contributed by atoms with Crippen LogP contribution >= 0.6 is 0 Å². The van der Waals surface area contributed by atoms with Gasteiger partial charge in [0.05, 0.1) is 11.7 Å². The molecular formula is C16H22FN3O. The number of rotatable bonds is 3. The summed E-state index contributed by atoms with van der Waals surface area (Å²) in [5, 5.41) is 6.10. The molecule has 0 bridgehead atoms. The first-order valence-corrected chi connectivity index (χ1v) is 7.77. The van der Waals surface area contributed by atoms with Crippen LogP contribution in [-0.2, 0) is 4.79 Å². The lowest BCUT2D eigenvalue weighted by Crippen LogP contribution is -2.49. The first-order valence-electron chi connectivity index (χ1n) is 7.77. The molecule has 1 unspecified atom stereocenters. The van der Waals surface area contributed by atoms with E-state index < -0.39 is 0 Å². The van der Waals surface area contributed by atoms with Crippen LogP contribution in [-0.4, -0.2) is 42.5 Å². The lowest BCUT2D eigenvalue weighted by atomic mass is 10.0. The zero-order valence-corrected chi connectivity index (χ0v) is 12.1. The molecule has 2 saturated heterocycles. The highest BCUT2D eigenvalue weighted by Gasteiger charge is 2.35. The number of anilines is 1. The molecule has 1 aromatic carbocycles. The summed E-state index contributed by atoms with van der Waals surface area (Å²) in [7, 11) is 0.